The summed E-state index contributed by atoms with van der Waals surface area (Å²) < 4.78 is 15.6. The van der Waals surface area contributed by atoms with E-state index in [-0.39, 0.29) is 94.5 Å². The zero-order valence-electron chi connectivity index (χ0n) is 35.0. The standard InChI is InChI=1S/3C13H15NO3.C6H9NO3.H2/c3*1-14-8-11(15)7-12(14)13(16)17-9-10-5-3-2-4-6-10;1-7-3-4(8)2-5(7)6(9)10;/h3*2-6,12H,7-9H2,1H3;5H,2-3H2,1H3,(H,9,10);1H. The number of likely N-dealkylation sites (tertiary alicyclic amines) is 4. The lowest BCUT2D eigenvalue weighted by Gasteiger charge is -2.16. The van der Waals surface area contributed by atoms with E-state index in [0.717, 1.165) is 16.7 Å². The lowest BCUT2D eigenvalue weighted by molar-refractivity contribution is -0.150. The number of nitrogens with zero attached hydrogens (tertiary/aromatic N) is 4. The first-order valence-electron chi connectivity index (χ1n) is 19.8. The van der Waals surface area contributed by atoms with Crippen LogP contribution in [0, 0.1) is 0 Å². The molecular formula is C45H56N4O12. The quantitative estimate of drug-likeness (QED) is 0.231. The average molecular weight is 845 g/mol. The molecule has 0 aliphatic carbocycles. The van der Waals surface area contributed by atoms with Crippen LogP contribution >= 0.6 is 0 Å². The number of Topliss-reactive ketones (excluding diaryl/α,β-unsaturated/α-hetero) is 4. The van der Waals surface area contributed by atoms with Crippen LogP contribution < -0.4 is 0 Å². The van der Waals surface area contributed by atoms with E-state index in [9.17, 15) is 38.4 Å². The number of aliphatic carboxylic acids is 1. The van der Waals surface area contributed by atoms with E-state index in [4.69, 9.17) is 19.3 Å². The fraction of sp³-hybridized carbons (Fsp3) is 0.422. The summed E-state index contributed by atoms with van der Waals surface area (Å²) in [5.74, 6) is -1.58. The molecule has 0 radical (unpaired) electrons. The Hall–Kier alpha value is -5.94. The minimum Gasteiger partial charge on any atom is -0.480 e. The maximum Gasteiger partial charge on any atom is 0.324 e. The third kappa shape index (κ3) is 15.6. The number of ketones is 4. The summed E-state index contributed by atoms with van der Waals surface area (Å²) in [5.41, 5.74) is 2.86. The van der Waals surface area contributed by atoms with Gasteiger partial charge in [-0.3, -0.25) is 58.0 Å². The van der Waals surface area contributed by atoms with Gasteiger partial charge in [0, 0.05) is 27.1 Å². The number of rotatable bonds is 10. The molecule has 7 rings (SSSR count). The molecule has 4 aliphatic rings. The minimum absolute atomic E-state index is 0. The summed E-state index contributed by atoms with van der Waals surface area (Å²) in [4.78, 5) is 96.6. The van der Waals surface area contributed by atoms with E-state index in [0.29, 0.717) is 19.6 Å². The number of hydrogen-bond acceptors (Lipinski definition) is 15. The number of ether oxygens (including phenoxy) is 3. The highest BCUT2D eigenvalue weighted by atomic mass is 16.5. The molecule has 3 aromatic carbocycles. The monoisotopic (exact) mass is 844 g/mol. The molecule has 1 N–H and O–H groups in total. The van der Waals surface area contributed by atoms with Crippen molar-refractivity contribution in [3.63, 3.8) is 0 Å². The Bertz CT molecular complexity index is 1790. The molecule has 0 spiro atoms. The SMILES string of the molecule is CN1CC(=O)CC1C(=O)O.CN1CC(=O)CC1C(=O)OCc1ccccc1.CN1CC(=O)CC1C(=O)OCc1ccccc1.CN1CC(=O)CC1C(=O)OCc1ccccc1.[HH]. The van der Waals surface area contributed by atoms with Gasteiger partial charge in [-0.05, 0) is 44.9 Å². The first-order chi connectivity index (χ1) is 29.1. The van der Waals surface area contributed by atoms with Gasteiger partial charge in [0.05, 0.1) is 26.2 Å². The molecule has 61 heavy (non-hydrogen) atoms. The first-order valence-corrected chi connectivity index (χ1v) is 19.8. The second kappa shape index (κ2) is 23.7. The van der Waals surface area contributed by atoms with Crippen LogP contribution in [0.4, 0.5) is 0 Å². The van der Waals surface area contributed by atoms with E-state index in [1.807, 2.05) is 91.0 Å². The molecule has 0 saturated carbocycles. The lowest BCUT2D eigenvalue weighted by atomic mass is 10.2. The summed E-state index contributed by atoms with van der Waals surface area (Å²) in [6.07, 6.45) is 0.963. The van der Waals surface area contributed by atoms with Crippen LogP contribution in [0.1, 0.15) is 43.8 Å². The molecule has 4 atom stereocenters. The second-order valence-electron chi connectivity index (χ2n) is 15.3. The number of benzene rings is 3. The second-order valence-corrected chi connectivity index (χ2v) is 15.3. The Morgan fingerprint density at radius 1 is 0.459 bits per heavy atom. The van der Waals surface area contributed by atoms with Crippen LogP contribution in [0.25, 0.3) is 0 Å². The molecule has 16 heteroatoms. The van der Waals surface area contributed by atoms with Crippen molar-refractivity contribution >= 4 is 47.0 Å². The van der Waals surface area contributed by atoms with Gasteiger partial charge in [0.1, 0.15) is 67.1 Å². The summed E-state index contributed by atoms with van der Waals surface area (Å²) in [6.45, 7) is 2.08. The summed E-state index contributed by atoms with van der Waals surface area (Å²) >= 11 is 0. The van der Waals surface area contributed by atoms with Crippen LogP contribution in [0.2, 0.25) is 0 Å². The fourth-order valence-corrected chi connectivity index (χ4v) is 6.84. The van der Waals surface area contributed by atoms with E-state index in [2.05, 4.69) is 0 Å². The number of carbonyl (C=O) groups excluding carboxylic acids is 7. The van der Waals surface area contributed by atoms with E-state index in [1.165, 1.54) is 0 Å². The maximum absolute atomic E-state index is 11.8. The molecule has 0 aromatic heterocycles. The van der Waals surface area contributed by atoms with Crippen LogP contribution in [0.3, 0.4) is 0 Å². The average Bonchev–Trinajstić information content (AvgIpc) is 3.99. The molecular weight excluding hydrogens is 789 g/mol. The third-order valence-electron chi connectivity index (χ3n) is 10.3. The van der Waals surface area contributed by atoms with Gasteiger partial charge in [-0.1, -0.05) is 91.0 Å². The smallest absolute Gasteiger partial charge is 0.324 e. The molecule has 4 unspecified atom stereocenters. The van der Waals surface area contributed by atoms with Crippen molar-refractivity contribution < 1.29 is 59.1 Å². The topological polar surface area (TPSA) is 197 Å². The Morgan fingerprint density at radius 2 is 0.689 bits per heavy atom. The molecule has 3 aromatic rings. The Morgan fingerprint density at radius 3 is 0.869 bits per heavy atom. The predicted octanol–water partition coefficient (Wildman–Crippen LogP) is 2.60. The van der Waals surface area contributed by atoms with Gasteiger partial charge in [0.2, 0.25) is 0 Å². The van der Waals surface area contributed by atoms with Crippen LogP contribution in [-0.2, 0) is 72.4 Å². The summed E-state index contributed by atoms with van der Waals surface area (Å²) in [7, 11) is 6.93. The Labute approximate surface area is 356 Å². The number of esters is 3. The minimum atomic E-state index is -0.909. The number of hydrogen-bond donors (Lipinski definition) is 1. The van der Waals surface area contributed by atoms with Gasteiger partial charge in [0.25, 0.3) is 0 Å². The maximum atomic E-state index is 11.8. The first kappa shape index (κ1) is 47.7. The summed E-state index contributed by atoms with van der Waals surface area (Å²) in [6, 6.07) is 26.7. The molecule has 0 amide bonds. The van der Waals surface area contributed by atoms with E-state index < -0.39 is 30.1 Å². The molecule has 16 nitrogen and oxygen atoms in total. The summed E-state index contributed by atoms with van der Waals surface area (Å²) in [5, 5.41) is 8.51. The third-order valence-corrected chi connectivity index (χ3v) is 10.3. The van der Waals surface area contributed by atoms with Gasteiger partial charge >= 0.3 is 23.9 Å². The molecule has 4 heterocycles. The van der Waals surface area contributed by atoms with Crippen molar-refractivity contribution in [1.29, 1.82) is 0 Å². The molecule has 4 aliphatic heterocycles. The molecule has 4 fully saturated rings. The van der Waals surface area contributed by atoms with Gasteiger partial charge in [-0.15, -0.1) is 0 Å². The Balaban J connectivity index is 0.000000223. The van der Waals surface area contributed by atoms with Crippen molar-refractivity contribution in [2.45, 2.75) is 69.7 Å². The number of carboxylic acid groups (broad SMARTS) is 1. The normalized spacial score (nSPS) is 21.6. The van der Waals surface area contributed by atoms with Crippen molar-refractivity contribution in [2.24, 2.45) is 0 Å². The number of likely N-dealkylation sites (N-methyl/N-ethyl adjacent to an activating group) is 4. The van der Waals surface area contributed by atoms with Gasteiger partial charge in [-0.25, -0.2) is 0 Å². The number of carbonyl (C=O) groups is 8. The van der Waals surface area contributed by atoms with E-state index in [1.54, 1.807) is 47.8 Å². The van der Waals surface area contributed by atoms with Crippen molar-refractivity contribution in [3.8, 4) is 0 Å². The van der Waals surface area contributed by atoms with Crippen LogP contribution in [-0.4, -0.2) is 150 Å². The highest BCUT2D eigenvalue weighted by Gasteiger charge is 2.36. The van der Waals surface area contributed by atoms with Gasteiger partial charge in [0.15, 0.2) is 0 Å². The van der Waals surface area contributed by atoms with Crippen molar-refractivity contribution in [2.75, 3.05) is 54.4 Å². The van der Waals surface area contributed by atoms with Crippen LogP contribution in [0.15, 0.2) is 91.0 Å². The fourth-order valence-electron chi connectivity index (χ4n) is 6.84. The van der Waals surface area contributed by atoms with Crippen LogP contribution in [0.5, 0.6) is 0 Å². The van der Waals surface area contributed by atoms with Crippen molar-refractivity contribution in [3.05, 3.63) is 108 Å². The number of carboxylic acids is 1. The highest BCUT2D eigenvalue weighted by molar-refractivity contribution is 5.93. The zero-order chi connectivity index (χ0) is 44.5. The molecule has 0 bridgehead atoms. The highest BCUT2D eigenvalue weighted by Crippen LogP contribution is 2.17. The molecule has 328 valence electrons. The zero-order valence-corrected chi connectivity index (χ0v) is 35.0. The lowest BCUT2D eigenvalue weighted by Crippen LogP contribution is -2.34. The Kier molecular flexibility index (Phi) is 18.6. The molecule has 4 saturated heterocycles. The largest absolute Gasteiger partial charge is 0.480 e. The predicted molar refractivity (Wildman–Crippen MR) is 223 cm³/mol. The van der Waals surface area contributed by atoms with Gasteiger partial charge in [-0.2, -0.15) is 0 Å². The van der Waals surface area contributed by atoms with E-state index >= 15 is 0 Å². The van der Waals surface area contributed by atoms with Crippen molar-refractivity contribution in [1.82, 2.24) is 19.6 Å². The van der Waals surface area contributed by atoms with Gasteiger partial charge < -0.3 is 19.3 Å².